The Morgan fingerprint density at radius 1 is 1.27 bits per heavy atom. The normalized spacial score (nSPS) is 17.8. The molecule has 0 radical (unpaired) electrons. The van der Waals surface area contributed by atoms with E-state index in [1.54, 1.807) is 24.3 Å². The second kappa shape index (κ2) is 7.40. The van der Waals surface area contributed by atoms with E-state index in [0.29, 0.717) is 11.5 Å². The third-order valence-electron chi connectivity index (χ3n) is 3.99. The van der Waals surface area contributed by atoms with Gasteiger partial charge in [0.25, 0.3) is 5.91 Å². The van der Waals surface area contributed by atoms with Gasteiger partial charge >= 0.3 is 0 Å². The zero-order valence-electron chi connectivity index (χ0n) is 13.6. The number of nitrogens with zero attached hydrogens (tertiary/aromatic N) is 1. The predicted molar refractivity (Wildman–Crippen MR) is 87.8 cm³/mol. The van der Waals surface area contributed by atoms with Gasteiger partial charge in [-0.05, 0) is 50.2 Å². The highest BCUT2D eigenvalue weighted by atomic mass is 16.2. The summed E-state index contributed by atoms with van der Waals surface area (Å²) >= 11 is 0. The summed E-state index contributed by atoms with van der Waals surface area (Å²) in [5, 5.41) is 5.99. The summed E-state index contributed by atoms with van der Waals surface area (Å²) in [6, 6.07) is 7.14. The third-order valence-corrected chi connectivity index (χ3v) is 3.99. The van der Waals surface area contributed by atoms with Crippen LogP contribution >= 0.6 is 0 Å². The van der Waals surface area contributed by atoms with Gasteiger partial charge in [-0.1, -0.05) is 13.8 Å². The Hall–Kier alpha value is -1.88. The van der Waals surface area contributed by atoms with E-state index in [-0.39, 0.29) is 17.7 Å². The molecule has 1 unspecified atom stereocenters. The molecule has 5 heteroatoms. The lowest BCUT2D eigenvalue weighted by Crippen LogP contribution is -2.30. The Balaban J connectivity index is 1.95. The molecule has 1 aliphatic rings. The molecule has 0 aliphatic carbocycles. The average Bonchev–Trinajstić information content (AvgIpc) is 2.96. The maximum atomic E-state index is 12.5. The molecular weight excluding hydrogens is 278 g/mol. The molecular formula is C17H25N3O2. The van der Waals surface area contributed by atoms with Gasteiger partial charge in [-0.3, -0.25) is 9.59 Å². The fraction of sp³-hybridized carbons (Fsp3) is 0.529. The second-order valence-electron chi connectivity index (χ2n) is 6.18. The maximum Gasteiger partial charge on any atom is 0.253 e. The molecule has 0 saturated carbocycles. The predicted octanol–water partition coefficient (Wildman–Crippen LogP) is 1.96. The van der Waals surface area contributed by atoms with Crippen molar-refractivity contribution >= 4 is 17.5 Å². The highest BCUT2D eigenvalue weighted by Gasteiger charge is 2.26. The number of benzene rings is 1. The molecule has 120 valence electrons. The Kier molecular flexibility index (Phi) is 5.55. The van der Waals surface area contributed by atoms with E-state index >= 15 is 0 Å². The number of carbonyl (C=O) groups excluding carboxylic acids is 2. The van der Waals surface area contributed by atoms with Crippen molar-refractivity contribution in [1.29, 1.82) is 0 Å². The lowest BCUT2D eigenvalue weighted by atomic mass is 10.1. The fourth-order valence-corrected chi connectivity index (χ4v) is 2.64. The van der Waals surface area contributed by atoms with E-state index in [9.17, 15) is 9.59 Å². The average molecular weight is 303 g/mol. The molecule has 2 amide bonds. The van der Waals surface area contributed by atoms with Crippen LogP contribution in [0.15, 0.2) is 24.3 Å². The van der Waals surface area contributed by atoms with Crippen molar-refractivity contribution < 1.29 is 9.59 Å². The lowest BCUT2D eigenvalue weighted by molar-refractivity contribution is -0.118. The molecule has 0 spiro atoms. The van der Waals surface area contributed by atoms with E-state index in [2.05, 4.69) is 10.6 Å². The van der Waals surface area contributed by atoms with Gasteiger partial charge in [-0.25, -0.2) is 0 Å². The zero-order valence-corrected chi connectivity index (χ0v) is 13.6. The molecule has 1 aromatic rings. The van der Waals surface area contributed by atoms with E-state index < -0.39 is 0 Å². The second-order valence-corrected chi connectivity index (χ2v) is 6.18. The van der Waals surface area contributed by atoms with Gasteiger partial charge in [0.1, 0.15) is 0 Å². The number of likely N-dealkylation sites (tertiary alicyclic amines) is 1. The van der Waals surface area contributed by atoms with Crippen LogP contribution in [0.25, 0.3) is 0 Å². The van der Waals surface area contributed by atoms with E-state index in [4.69, 9.17) is 0 Å². The van der Waals surface area contributed by atoms with Crippen molar-refractivity contribution in [3.8, 4) is 0 Å². The zero-order chi connectivity index (χ0) is 16.1. The highest BCUT2D eigenvalue weighted by Crippen LogP contribution is 2.19. The summed E-state index contributed by atoms with van der Waals surface area (Å²) in [7, 11) is 1.94. The molecule has 1 heterocycles. The van der Waals surface area contributed by atoms with Crippen LogP contribution in [0.5, 0.6) is 0 Å². The van der Waals surface area contributed by atoms with Crippen LogP contribution in [-0.2, 0) is 4.79 Å². The van der Waals surface area contributed by atoms with Crippen molar-refractivity contribution in [2.24, 2.45) is 11.8 Å². The minimum absolute atomic E-state index is 0.0199. The van der Waals surface area contributed by atoms with Gasteiger partial charge in [0.15, 0.2) is 0 Å². The molecule has 5 nitrogen and oxygen atoms in total. The number of carbonyl (C=O) groups is 2. The van der Waals surface area contributed by atoms with Crippen molar-refractivity contribution in [2.45, 2.75) is 20.3 Å². The Bertz CT molecular complexity index is 525. The number of amides is 2. The van der Waals surface area contributed by atoms with Crippen LogP contribution in [0.4, 0.5) is 5.69 Å². The third kappa shape index (κ3) is 4.07. The summed E-state index contributed by atoms with van der Waals surface area (Å²) in [6.45, 7) is 6.27. The summed E-state index contributed by atoms with van der Waals surface area (Å²) in [4.78, 5) is 26.0. The summed E-state index contributed by atoms with van der Waals surface area (Å²) in [5.41, 5.74) is 1.40. The number of rotatable bonds is 5. The minimum atomic E-state index is -0.0602. The van der Waals surface area contributed by atoms with Crippen molar-refractivity contribution in [3.05, 3.63) is 29.8 Å². The van der Waals surface area contributed by atoms with Crippen molar-refractivity contribution in [2.75, 3.05) is 32.0 Å². The molecule has 0 bridgehead atoms. The Morgan fingerprint density at radius 2 is 1.95 bits per heavy atom. The molecule has 1 aliphatic heterocycles. The van der Waals surface area contributed by atoms with Gasteiger partial charge in [0.2, 0.25) is 5.91 Å². The Morgan fingerprint density at radius 3 is 2.55 bits per heavy atom. The smallest absolute Gasteiger partial charge is 0.253 e. The molecule has 1 atom stereocenters. The number of nitrogens with one attached hydrogen (secondary N) is 2. The van der Waals surface area contributed by atoms with E-state index in [1.807, 2.05) is 25.8 Å². The Labute approximate surface area is 132 Å². The van der Waals surface area contributed by atoms with Gasteiger partial charge in [0.05, 0.1) is 0 Å². The molecule has 22 heavy (non-hydrogen) atoms. The van der Waals surface area contributed by atoms with Gasteiger partial charge in [0, 0.05) is 30.3 Å². The van der Waals surface area contributed by atoms with Crippen LogP contribution in [0.2, 0.25) is 0 Å². The molecule has 1 saturated heterocycles. The molecule has 0 aromatic heterocycles. The highest BCUT2D eigenvalue weighted by molar-refractivity contribution is 5.96. The van der Waals surface area contributed by atoms with Crippen molar-refractivity contribution in [1.82, 2.24) is 10.2 Å². The first-order chi connectivity index (χ1) is 10.5. The van der Waals surface area contributed by atoms with Crippen LogP contribution < -0.4 is 10.6 Å². The first kappa shape index (κ1) is 16.5. The SMILES string of the molecule is CNCC1CCN(C(=O)c2ccc(NC(=O)C(C)C)cc2)C1. The largest absolute Gasteiger partial charge is 0.338 e. The standard InChI is InChI=1S/C17H25N3O2/c1-12(2)16(21)19-15-6-4-14(5-7-15)17(22)20-9-8-13(11-20)10-18-3/h4-7,12-13,18H,8-11H2,1-3H3,(H,19,21). The summed E-state index contributed by atoms with van der Waals surface area (Å²) < 4.78 is 0. The molecule has 1 aromatic carbocycles. The van der Waals surface area contributed by atoms with Crippen LogP contribution in [0, 0.1) is 11.8 Å². The van der Waals surface area contributed by atoms with Gasteiger partial charge in [-0.2, -0.15) is 0 Å². The first-order valence-corrected chi connectivity index (χ1v) is 7.86. The fourth-order valence-electron chi connectivity index (χ4n) is 2.64. The maximum absolute atomic E-state index is 12.5. The number of hydrogen-bond donors (Lipinski definition) is 2. The monoisotopic (exact) mass is 303 g/mol. The number of hydrogen-bond acceptors (Lipinski definition) is 3. The van der Waals surface area contributed by atoms with Crippen LogP contribution in [0.3, 0.4) is 0 Å². The van der Waals surface area contributed by atoms with Gasteiger partial charge < -0.3 is 15.5 Å². The van der Waals surface area contributed by atoms with Crippen LogP contribution in [0.1, 0.15) is 30.6 Å². The number of anilines is 1. The summed E-state index contributed by atoms with van der Waals surface area (Å²) in [5.74, 6) is 0.530. The van der Waals surface area contributed by atoms with Crippen LogP contribution in [-0.4, -0.2) is 43.4 Å². The topological polar surface area (TPSA) is 61.4 Å². The molecule has 1 fully saturated rings. The van der Waals surface area contributed by atoms with Gasteiger partial charge in [-0.15, -0.1) is 0 Å². The first-order valence-electron chi connectivity index (χ1n) is 7.86. The quantitative estimate of drug-likeness (QED) is 0.874. The lowest BCUT2D eigenvalue weighted by Gasteiger charge is -2.17. The minimum Gasteiger partial charge on any atom is -0.338 e. The van der Waals surface area contributed by atoms with E-state index in [1.165, 1.54) is 0 Å². The summed E-state index contributed by atoms with van der Waals surface area (Å²) in [6.07, 6.45) is 1.05. The molecule has 2 N–H and O–H groups in total. The molecule has 2 rings (SSSR count). The van der Waals surface area contributed by atoms with E-state index in [0.717, 1.165) is 31.7 Å². The van der Waals surface area contributed by atoms with Crippen molar-refractivity contribution in [3.63, 3.8) is 0 Å².